The summed E-state index contributed by atoms with van der Waals surface area (Å²) >= 11 is 3.32. The molecule has 0 spiro atoms. The van der Waals surface area contributed by atoms with Gasteiger partial charge in [-0.25, -0.2) is 15.5 Å². The summed E-state index contributed by atoms with van der Waals surface area (Å²) in [5, 5.41) is 9.04. The van der Waals surface area contributed by atoms with E-state index in [1.54, 1.807) is 4.68 Å². The molecule has 1 aliphatic carbocycles. The van der Waals surface area contributed by atoms with Crippen molar-refractivity contribution in [1.82, 2.24) is 19.7 Å². The summed E-state index contributed by atoms with van der Waals surface area (Å²) in [7, 11) is 0. The molecule has 3 heterocycles. The summed E-state index contributed by atoms with van der Waals surface area (Å²) < 4.78 is 1.65. The highest BCUT2D eigenvalue weighted by molar-refractivity contribution is 8.00. The SMILES string of the molecule is Nc1nc(-n2ccc(N(N)c3ccc(SC4CCC(N5CCCC5)CC4)cc3N)n2)cs1. The van der Waals surface area contributed by atoms with E-state index in [-0.39, 0.29) is 0 Å². The standard InChI is InChI=1S/C22H30N8S2/c23-18-13-17(32-16-5-3-15(4-6-16)28-10-1-2-11-28)7-8-19(18)30(25)20-9-12-29(27-20)21-14-31-22(24)26-21/h7-9,12-16H,1-6,10-11,23,25H2,(H2,24,26). The monoisotopic (exact) mass is 470 g/mol. The van der Waals surface area contributed by atoms with Gasteiger partial charge in [0.15, 0.2) is 16.8 Å². The molecule has 2 fully saturated rings. The molecule has 32 heavy (non-hydrogen) atoms. The van der Waals surface area contributed by atoms with E-state index in [2.05, 4.69) is 21.0 Å². The van der Waals surface area contributed by atoms with Crippen LogP contribution in [0.15, 0.2) is 40.7 Å². The quantitative estimate of drug-likeness (QED) is 0.281. The maximum atomic E-state index is 6.39. The van der Waals surface area contributed by atoms with E-state index in [0.717, 1.165) is 11.7 Å². The van der Waals surface area contributed by atoms with Gasteiger partial charge in [-0.15, -0.1) is 28.2 Å². The number of nitrogen functional groups attached to an aromatic ring is 2. The Morgan fingerprint density at radius 3 is 2.53 bits per heavy atom. The van der Waals surface area contributed by atoms with E-state index in [9.17, 15) is 0 Å². The number of anilines is 4. The minimum absolute atomic E-state index is 0.503. The van der Waals surface area contributed by atoms with Gasteiger partial charge in [-0.05, 0) is 69.8 Å². The minimum Gasteiger partial charge on any atom is -0.397 e. The second kappa shape index (κ2) is 9.30. The minimum atomic E-state index is 0.503. The Hall–Kier alpha value is -2.27. The zero-order valence-electron chi connectivity index (χ0n) is 18.1. The maximum Gasteiger partial charge on any atom is 0.182 e. The average molecular weight is 471 g/mol. The number of hydrogen-bond donors (Lipinski definition) is 3. The first-order valence-electron chi connectivity index (χ1n) is 11.2. The molecule has 1 aliphatic heterocycles. The highest BCUT2D eigenvalue weighted by atomic mass is 32.2. The van der Waals surface area contributed by atoms with Gasteiger partial charge >= 0.3 is 0 Å². The number of aromatic nitrogens is 3. The number of benzene rings is 1. The summed E-state index contributed by atoms with van der Waals surface area (Å²) in [6.45, 7) is 2.60. The highest BCUT2D eigenvalue weighted by Crippen LogP contribution is 2.38. The van der Waals surface area contributed by atoms with Gasteiger partial charge in [0.25, 0.3) is 0 Å². The van der Waals surface area contributed by atoms with Crippen LogP contribution in [-0.4, -0.2) is 44.0 Å². The molecule has 8 nitrogen and oxygen atoms in total. The van der Waals surface area contributed by atoms with Gasteiger partial charge in [-0.1, -0.05) is 0 Å². The van der Waals surface area contributed by atoms with Gasteiger partial charge in [0.05, 0.1) is 11.4 Å². The van der Waals surface area contributed by atoms with E-state index in [1.807, 2.05) is 41.5 Å². The van der Waals surface area contributed by atoms with Crippen molar-refractivity contribution >= 4 is 45.4 Å². The molecule has 0 unspecified atom stereocenters. The fraction of sp³-hybridized carbons (Fsp3) is 0.455. The lowest BCUT2D eigenvalue weighted by Gasteiger charge is -2.34. The Balaban J connectivity index is 1.21. The maximum absolute atomic E-state index is 6.39. The average Bonchev–Trinajstić information content (AvgIpc) is 3.56. The number of nitrogens with zero attached hydrogens (tertiary/aromatic N) is 5. The van der Waals surface area contributed by atoms with E-state index in [4.69, 9.17) is 17.3 Å². The molecule has 0 radical (unpaired) electrons. The third-order valence-electron chi connectivity index (χ3n) is 6.43. The van der Waals surface area contributed by atoms with Crippen LogP contribution in [0.25, 0.3) is 5.82 Å². The van der Waals surface area contributed by atoms with E-state index in [1.165, 1.54) is 72.9 Å². The summed E-state index contributed by atoms with van der Waals surface area (Å²) in [5.41, 5.74) is 13.5. The van der Waals surface area contributed by atoms with Gasteiger partial charge in [0, 0.05) is 33.8 Å². The molecule has 1 saturated carbocycles. The first-order chi connectivity index (χ1) is 15.6. The van der Waals surface area contributed by atoms with Crippen LogP contribution in [0.5, 0.6) is 0 Å². The number of rotatable bonds is 6. The van der Waals surface area contributed by atoms with Crippen molar-refractivity contribution < 1.29 is 0 Å². The molecule has 0 atom stereocenters. The van der Waals surface area contributed by atoms with Crippen LogP contribution in [0.2, 0.25) is 0 Å². The molecule has 3 aromatic rings. The molecule has 2 aliphatic rings. The van der Waals surface area contributed by atoms with E-state index in [0.29, 0.717) is 27.7 Å². The summed E-state index contributed by atoms with van der Waals surface area (Å²) in [6.07, 6.45) is 9.73. The Labute approximate surface area is 196 Å². The normalized spacial score (nSPS) is 21.8. The van der Waals surface area contributed by atoms with Gasteiger partial charge in [0.1, 0.15) is 0 Å². The number of nitrogens with two attached hydrogens (primary N) is 3. The van der Waals surface area contributed by atoms with Crippen molar-refractivity contribution in [3.8, 4) is 5.82 Å². The smallest absolute Gasteiger partial charge is 0.182 e. The van der Waals surface area contributed by atoms with Crippen molar-refractivity contribution in [2.24, 2.45) is 5.84 Å². The number of thiazole rings is 1. The lowest BCUT2D eigenvalue weighted by molar-refractivity contribution is 0.194. The molecule has 170 valence electrons. The van der Waals surface area contributed by atoms with E-state index < -0.39 is 0 Å². The van der Waals surface area contributed by atoms with Gasteiger partial charge in [0.2, 0.25) is 0 Å². The van der Waals surface area contributed by atoms with Crippen LogP contribution < -0.4 is 22.3 Å². The van der Waals surface area contributed by atoms with Crippen LogP contribution in [0.4, 0.5) is 22.3 Å². The molecule has 6 N–H and O–H groups in total. The first kappa shape index (κ1) is 21.6. The second-order valence-corrected chi connectivity index (χ2v) is 10.8. The molecule has 0 bridgehead atoms. The number of thioether (sulfide) groups is 1. The largest absolute Gasteiger partial charge is 0.397 e. The highest BCUT2D eigenvalue weighted by Gasteiger charge is 2.28. The summed E-state index contributed by atoms with van der Waals surface area (Å²) in [4.78, 5) is 8.15. The Bertz CT molecular complexity index is 1050. The van der Waals surface area contributed by atoms with Crippen molar-refractivity contribution in [3.63, 3.8) is 0 Å². The fourth-order valence-corrected chi connectivity index (χ4v) is 6.50. The van der Waals surface area contributed by atoms with Gasteiger partial charge in [-0.3, -0.25) is 5.01 Å². The van der Waals surface area contributed by atoms with Crippen LogP contribution in [0, 0.1) is 0 Å². The molecule has 10 heteroatoms. The number of likely N-dealkylation sites (tertiary alicyclic amines) is 1. The predicted molar refractivity (Wildman–Crippen MR) is 134 cm³/mol. The molecular formula is C22H30N8S2. The van der Waals surface area contributed by atoms with Crippen LogP contribution in [0.3, 0.4) is 0 Å². The molecular weight excluding hydrogens is 440 g/mol. The zero-order valence-corrected chi connectivity index (χ0v) is 19.7. The van der Waals surface area contributed by atoms with Crippen LogP contribution in [0.1, 0.15) is 38.5 Å². The molecule has 2 aromatic heterocycles. The van der Waals surface area contributed by atoms with E-state index >= 15 is 0 Å². The third-order valence-corrected chi connectivity index (χ3v) is 8.42. The fourth-order valence-electron chi connectivity index (χ4n) is 4.73. The van der Waals surface area contributed by atoms with Crippen LogP contribution >= 0.6 is 23.1 Å². The van der Waals surface area contributed by atoms with Crippen molar-refractivity contribution in [3.05, 3.63) is 35.8 Å². The Morgan fingerprint density at radius 2 is 1.84 bits per heavy atom. The molecule has 1 aromatic carbocycles. The van der Waals surface area contributed by atoms with Gasteiger partial charge in [-0.2, -0.15) is 0 Å². The predicted octanol–water partition coefficient (Wildman–Crippen LogP) is 4.00. The molecule has 0 amide bonds. The number of hydrogen-bond acceptors (Lipinski definition) is 9. The first-order valence-corrected chi connectivity index (χ1v) is 12.9. The van der Waals surface area contributed by atoms with Crippen molar-refractivity contribution in [1.29, 1.82) is 0 Å². The molecule has 5 rings (SSSR count). The Kier molecular flexibility index (Phi) is 6.27. The van der Waals surface area contributed by atoms with Crippen molar-refractivity contribution in [2.75, 3.05) is 29.6 Å². The Morgan fingerprint density at radius 1 is 1.06 bits per heavy atom. The lowest BCUT2D eigenvalue weighted by Crippen LogP contribution is -2.36. The zero-order chi connectivity index (χ0) is 22.1. The van der Waals surface area contributed by atoms with Gasteiger partial charge < -0.3 is 16.4 Å². The number of hydrazine groups is 1. The molecule has 1 saturated heterocycles. The van der Waals surface area contributed by atoms with Crippen LogP contribution in [-0.2, 0) is 0 Å². The second-order valence-electron chi connectivity index (χ2n) is 8.54. The summed E-state index contributed by atoms with van der Waals surface area (Å²) in [6, 6.07) is 8.75. The third kappa shape index (κ3) is 4.59. The lowest BCUT2D eigenvalue weighted by atomic mass is 9.94. The van der Waals surface area contributed by atoms with Crippen molar-refractivity contribution in [2.45, 2.75) is 54.7 Å². The summed E-state index contributed by atoms with van der Waals surface area (Å²) in [5.74, 6) is 7.61. The topological polar surface area (TPSA) is 115 Å².